The minimum Gasteiger partial charge on any atom is -0.382 e. The standard InChI is InChI=1S/C40H46N10O3S2/c1-23(2)43-36-28-17-33(34-19-41-22-54-34)55-39(28)42-18-29(36)30-21-49(46-45-30)26-9-7-24(8-10-26)20-48-15-13-25(14-16-48)27-5-4-6-31-37(27)47(3)40(53)50(31)32-11-12-35(51)44-38(32)52/h4-6,17-19,21-26,32H,7-16,20H2,1-3H3,(H,42,43)(H,44,51,52)/t24-,26-,32?. The van der Waals surface area contributed by atoms with Gasteiger partial charge in [-0.1, -0.05) is 17.3 Å². The second-order valence-corrected chi connectivity index (χ2v) is 17.7. The summed E-state index contributed by atoms with van der Waals surface area (Å²) in [5.41, 5.74) is 7.38. The average molecular weight is 779 g/mol. The van der Waals surface area contributed by atoms with Crippen molar-refractivity contribution in [3.8, 4) is 21.0 Å². The van der Waals surface area contributed by atoms with E-state index in [-0.39, 0.29) is 24.1 Å². The van der Waals surface area contributed by atoms with Crippen LogP contribution >= 0.6 is 22.7 Å². The minimum absolute atomic E-state index is 0.210. The van der Waals surface area contributed by atoms with Gasteiger partial charge in [0.2, 0.25) is 11.8 Å². The number of imide groups is 1. The number of fused-ring (bicyclic) bond motifs is 2. The van der Waals surface area contributed by atoms with Crippen LogP contribution in [0.1, 0.15) is 88.8 Å². The van der Waals surface area contributed by atoms with Crippen molar-refractivity contribution in [2.45, 2.75) is 89.3 Å². The molecule has 13 nitrogen and oxygen atoms in total. The second kappa shape index (κ2) is 14.7. The zero-order chi connectivity index (χ0) is 37.8. The summed E-state index contributed by atoms with van der Waals surface area (Å²) in [4.78, 5) is 53.0. The molecule has 1 unspecified atom stereocenters. The van der Waals surface area contributed by atoms with Crippen LogP contribution in [-0.4, -0.2) is 76.5 Å². The molecule has 0 radical (unpaired) electrons. The normalized spacial score (nSPS) is 21.6. The Morgan fingerprint density at radius 2 is 1.82 bits per heavy atom. The van der Waals surface area contributed by atoms with Crippen molar-refractivity contribution in [2.24, 2.45) is 13.0 Å². The SMILES string of the molecule is CC(C)Nc1c(-c2cn([C@H]3CC[C@H](CN4CCC(c5cccc6c5n(C)c(=O)n6C5CCC(=O)NC5=O)CC4)CC3)nn2)cnc2sc(-c3cncs3)cc12. The number of carbonyl (C=O) groups excluding carboxylic acids is 2. The first-order chi connectivity index (χ1) is 26.7. The number of hydrogen-bond acceptors (Lipinski definition) is 11. The number of hydrogen-bond donors (Lipinski definition) is 2. The molecular formula is C40H46N10O3S2. The highest BCUT2D eigenvalue weighted by Crippen LogP contribution is 2.42. The van der Waals surface area contributed by atoms with Gasteiger partial charge in [0.25, 0.3) is 0 Å². The highest BCUT2D eigenvalue weighted by Gasteiger charge is 2.33. The van der Waals surface area contributed by atoms with Crippen molar-refractivity contribution in [1.29, 1.82) is 0 Å². The van der Waals surface area contributed by atoms with Gasteiger partial charge in [0.1, 0.15) is 16.6 Å². The maximum atomic E-state index is 13.5. The number of anilines is 1. The molecule has 1 aliphatic carbocycles. The Morgan fingerprint density at radius 1 is 1.00 bits per heavy atom. The Bertz CT molecular complexity index is 2430. The summed E-state index contributed by atoms with van der Waals surface area (Å²) in [6.45, 7) is 7.46. The molecule has 0 bridgehead atoms. The van der Waals surface area contributed by atoms with Crippen molar-refractivity contribution < 1.29 is 9.59 Å². The van der Waals surface area contributed by atoms with Gasteiger partial charge in [0.05, 0.1) is 39.3 Å². The van der Waals surface area contributed by atoms with Gasteiger partial charge in [-0.25, -0.2) is 14.5 Å². The second-order valence-electron chi connectivity index (χ2n) is 15.8. The van der Waals surface area contributed by atoms with E-state index in [0.717, 1.165) is 101 Å². The molecule has 9 rings (SSSR count). The first-order valence-electron chi connectivity index (χ1n) is 19.5. The molecule has 6 aromatic rings. The molecule has 2 N–H and O–H groups in total. The number of rotatable bonds is 9. The van der Waals surface area contributed by atoms with Gasteiger partial charge in [0.15, 0.2) is 0 Å². The first-order valence-corrected chi connectivity index (χ1v) is 21.2. The molecule has 15 heteroatoms. The zero-order valence-electron chi connectivity index (χ0n) is 31.4. The van der Waals surface area contributed by atoms with Crippen molar-refractivity contribution in [2.75, 3.05) is 25.0 Å². The number of pyridine rings is 1. The van der Waals surface area contributed by atoms with E-state index in [1.54, 1.807) is 38.9 Å². The quantitative estimate of drug-likeness (QED) is 0.153. The lowest BCUT2D eigenvalue weighted by atomic mass is 9.84. The molecule has 7 heterocycles. The molecule has 55 heavy (non-hydrogen) atoms. The van der Waals surface area contributed by atoms with E-state index in [9.17, 15) is 14.4 Å². The number of aromatic nitrogens is 7. The van der Waals surface area contributed by atoms with Crippen molar-refractivity contribution in [1.82, 2.24) is 44.3 Å². The number of para-hydroxylation sites is 1. The van der Waals surface area contributed by atoms with E-state index in [0.29, 0.717) is 24.3 Å². The summed E-state index contributed by atoms with van der Waals surface area (Å²) in [7, 11) is 1.80. The molecule has 3 fully saturated rings. The lowest BCUT2D eigenvalue weighted by Gasteiger charge is -2.37. The number of imidazole rings is 1. The Labute approximate surface area is 326 Å². The predicted octanol–water partition coefficient (Wildman–Crippen LogP) is 6.74. The van der Waals surface area contributed by atoms with Crippen LogP contribution in [-0.2, 0) is 16.6 Å². The number of nitrogens with one attached hydrogen (secondary N) is 2. The molecule has 2 amide bonds. The highest BCUT2D eigenvalue weighted by atomic mass is 32.1. The number of nitrogens with zero attached hydrogens (tertiary/aromatic N) is 8. The fraction of sp³-hybridized carbons (Fsp3) is 0.475. The highest BCUT2D eigenvalue weighted by molar-refractivity contribution is 7.25. The molecule has 3 aliphatic rings. The van der Waals surface area contributed by atoms with Crippen LogP contribution in [0.3, 0.4) is 0 Å². The van der Waals surface area contributed by atoms with Crippen molar-refractivity contribution >= 4 is 61.4 Å². The Hall–Kier alpha value is -4.73. The van der Waals surface area contributed by atoms with E-state index in [2.05, 4.69) is 67.7 Å². The van der Waals surface area contributed by atoms with Gasteiger partial charge in [-0.3, -0.25) is 29.0 Å². The fourth-order valence-electron chi connectivity index (χ4n) is 9.08. The Kier molecular flexibility index (Phi) is 9.63. The van der Waals surface area contributed by atoms with Crippen LogP contribution < -0.4 is 16.3 Å². The summed E-state index contributed by atoms with van der Waals surface area (Å²) < 4.78 is 5.37. The van der Waals surface area contributed by atoms with Crippen molar-refractivity contribution in [3.05, 3.63) is 64.4 Å². The summed E-state index contributed by atoms with van der Waals surface area (Å²) in [6, 6.07) is 8.20. The number of piperidine rings is 2. The van der Waals surface area contributed by atoms with E-state index in [1.807, 2.05) is 30.0 Å². The van der Waals surface area contributed by atoms with Gasteiger partial charge in [0, 0.05) is 54.3 Å². The molecule has 1 aromatic carbocycles. The lowest BCUT2D eigenvalue weighted by molar-refractivity contribution is -0.135. The number of amides is 2. The first kappa shape index (κ1) is 35.9. The Balaban J connectivity index is 0.831. The zero-order valence-corrected chi connectivity index (χ0v) is 33.0. The average Bonchev–Trinajstić information content (AvgIpc) is 4.00. The molecule has 2 aliphatic heterocycles. The van der Waals surface area contributed by atoms with E-state index in [1.165, 1.54) is 10.4 Å². The van der Waals surface area contributed by atoms with Gasteiger partial charge < -0.3 is 10.2 Å². The van der Waals surface area contributed by atoms with Crippen molar-refractivity contribution in [3.63, 3.8) is 0 Å². The number of aryl methyl sites for hydroxylation is 1. The lowest BCUT2D eigenvalue weighted by Crippen LogP contribution is -2.44. The summed E-state index contributed by atoms with van der Waals surface area (Å²) in [5, 5.41) is 16.5. The smallest absolute Gasteiger partial charge is 0.329 e. The van der Waals surface area contributed by atoms with Crippen LogP contribution in [0.4, 0.5) is 5.69 Å². The van der Waals surface area contributed by atoms with Gasteiger partial charge in [-0.15, -0.1) is 27.8 Å². The van der Waals surface area contributed by atoms with Crippen LogP contribution in [0.15, 0.2) is 53.2 Å². The maximum Gasteiger partial charge on any atom is 0.329 e. The molecule has 1 atom stereocenters. The third-order valence-electron chi connectivity index (χ3n) is 11.8. The van der Waals surface area contributed by atoms with Crippen LogP contribution in [0.25, 0.3) is 42.3 Å². The summed E-state index contributed by atoms with van der Waals surface area (Å²) >= 11 is 3.33. The van der Waals surface area contributed by atoms with Gasteiger partial charge in [-0.05, 0) is 101 Å². The van der Waals surface area contributed by atoms with Crippen LogP contribution in [0, 0.1) is 5.92 Å². The fourth-order valence-corrected chi connectivity index (χ4v) is 10.8. The molecule has 0 spiro atoms. The molecule has 1 saturated carbocycles. The maximum absolute atomic E-state index is 13.5. The minimum atomic E-state index is -0.671. The predicted molar refractivity (Wildman–Crippen MR) is 217 cm³/mol. The van der Waals surface area contributed by atoms with Crippen LogP contribution in [0.2, 0.25) is 0 Å². The number of benzene rings is 1. The van der Waals surface area contributed by atoms with Gasteiger partial charge >= 0.3 is 5.69 Å². The number of thiophene rings is 1. The summed E-state index contributed by atoms with van der Waals surface area (Å²) in [6.07, 6.45) is 13.1. The number of carbonyl (C=O) groups is 2. The van der Waals surface area contributed by atoms with E-state index < -0.39 is 11.9 Å². The number of thiazole rings is 1. The molecular weight excluding hydrogens is 733 g/mol. The topological polar surface area (TPSA) is 145 Å². The number of likely N-dealkylation sites (tertiary alicyclic amines) is 1. The molecule has 286 valence electrons. The molecule has 5 aromatic heterocycles. The molecule has 2 saturated heterocycles. The summed E-state index contributed by atoms with van der Waals surface area (Å²) in [5.74, 6) is 0.316. The van der Waals surface area contributed by atoms with E-state index in [4.69, 9.17) is 4.98 Å². The Morgan fingerprint density at radius 3 is 2.56 bits per heavy atom. The monoisotopic (exact) mass is 778 g/mol. The largest absolute Gasteiger partial charge is 0.382 e. The third-order valence-corrected chi connectivity index (χ3v) is 13.9. The van der Waals surface area contributed by atoms with Gasteiger partial charge in [-0.2, -0.15) is 0 Å². The third kappa shape index (κ3) is 6.80. The van der Waals surface area contributed by atoms with E-state index >= 15 is 0 Å². The van der Waals surface area contributed by atoms with Crippen LogP contribution in [0.5, 0.6) is 0 Å².